The summed E-state index contributed by atoms with van der Waals surface area (Å²) in [5, 5.41) is 0. The van der Waals surface area contributed by atoms with Gasteiger partial charge in [-0.2, -0.15) is 0 Å². The summed E-state index contributed by atoms with van der Waals surface area (Å²) < 4.78 is 5.32. The van der Waals surface area contributed by atoms with Gasteiger partial charge in [0.15, 0.2) is 0 Å². The first-order valence-corrected chi connectivity index (χ1v) is 9.40. The van der Waals surface area contributed by atoms with Crippen molar-refractivity contribution in [3.05, 3.63) is 29.8 Å². The second-order valence-corrected chi connectivity index (χ2v) is 6.57. The van der Waals surface area contributed by atoms with Gasteiger partial charge in [-0.25, -0.2) is 0 Å². The monoisotopic (exact) mass is 302 g/mol. The lowest BCUT2D eigenvalue weighted by Gasteiger charge is -2.25. The van der Waals surface area contributed by atoms with Crippen molar-refractivity contribution < 1.29 is 4.74 Å². The van der Waals surface area contributed by atoms with Crippen LogP contribution in [0.5, 0.6) is 5.75 Å². The molecular formula is C20H35BO. The zero-order valence-electron chi connectivity index (χ0n) is 15.2. The molecule has 0 aliphatic heterocycles. The van der Waals surface area contributed by atoms with Crippen LogP contribution in [0.4, 0.5) is 0 Å². The van der Waals surface area contributed by atoms with Gasteiger partial charge in [0.1, 0.15) is 12.5 Å². The zero-order chi connectivity index (χ0) is 16.2. The van der Waals surface area contributed by atoms with Gasteiger partial charge in [0, 0.05) is 0 Å². The van der Waals surface area contributed by atoms with E-state index in [1.165, 1.54) is 63.1 Å². The first kappa shape index (κ1) is 19.1. The maximum atomic E-state index is 5.32. The van der Waals surface area contributed by atoms with Crippen LogP contribution in [0.25, 0.3) is 0 Å². The van der Waals surface area contributed by atoms with Crippen molar-refractivity contribution in [3.8, 4) is 5.75 Å². The zero-order valence-corrected chi connectivity index (χ0v) is 15.2. The molecule has 0 saturated carbocycles. The number of rotatable bonds is 12. The molecule has 0 aliphatic rings. The molecule has 0 spiro atoms. The van der Waals surface area contributed by atoms with Crippen molar-refractivity contribution in [1.82, 2.24) is 0 Å². The van der Waals surface area contributed by atoms with Crippen LogP contribution < -0.4 is 4.74 Å². The number of ether oxygens (including phenoxy) is 1. The smallest absolute Gasteiger partial charge is 0.148 e. The lowest BCUT2D eigenvalue weighted by Crippen LogP contribution is -2.24. The molecular weight excluding hydrogens is 267 g/mol. The molecule has 0 saturated heterocycles. The van der Waals surface area contributed by atoms with Crippen LogP contribution >= 0.6 is 0 Å². The van der Waals surface area contributed by atoms with E-state index >= 15 is 0 Å². The van der Waals surface area contributed by atoms with Crippen molar-refractivity contribution in [2.24, 2.45) is 0 Å². The molecule has 1 rings (SSSR count). The standard InChI is InChI=1S/C20H35BO/c1-5-8-11-20(18-12-14-19(22-4)15-13-18)21(16-9-6-2)17-10-7-3/h12-15,20H,5-11,16-17H2,1-4H3. The van der Waals surface area contributed by atoms with Crippen LogP contribution in [-0.4, -0.2) is 13.8 Å². The summed E-state index contributed by atoms with van der Waals surface area (Å²) in [4.78, 5) is 0. The van der Waals surface area contributed by atoms with E-state index in [2.05, 4.69) is 45.0 Å². The highest BCUT2D eigenvalue weighted by Crippen LogP contribution is 2.32. The molecule has 0 radical (unpaired) electrons. The van der Waals surface area contributed by atoms with Gasteiger partial charge in [-0.05, 0) is 17.9 Å². The molecule has 1 nitrogen and oxygen atoms in total. The van der Waals surface area contributed by atoms with Gasteiger partial charge in [0.05, 0.1) is 7.11 Å². The van der Waals surface area contributed by atoms with Crippen molar-refractivity contribution >= 4 is 6.71 Å². The Balaban J connectivity index is 2.88. The lowest BCUT2D eigenvalue weighted by atomic mass is 9.34. The third-order valence-electron chi connectivity index (χ3n) is 4.84. The molecule has 0 aromatic heterocycles. The van der Waals surface area contributed by atoms with Crippen molar-refractivity contribution in [3.63, 3.8) is 0 Å². The molecule has 1 aromatic carbocycles. The van der Waals surface area contributed by atoms with Gasteiger partial charge in [-0.15, -0.1) is 0 Å². The van der Waals surface area contributed by atoms with Crippen LogP contribution in [0.15, 0.2) is 24.3 Å². The molecule has 124 valence electrons. The first-order chi connectivity index (χ1) is 10.8. The molecule has 2 heteroatoms. The van der Waals surface area contributed by atoms with E-state index in [0.717, 1.165) is 18.3 Å². The number of methoxy groups -OCH3 is 1. The second kappa shape index (κ2) is 11.6. The van der Waals surface area contributed by atoms with Crippen LogP contribution in [0.3, 0.4) is 0 Å². The number of hydrogen-bond acceptors (Lipinski definition) is 1. The van der Waals surface area contributed by atoms with E-state index < -0.39 is 0 Å². The Morgan fingerprint density at radius 2 is 1.41 bits per heavy atom. The van der Waals surface area contributed by atoms with E-state index in [9.17, 15) is 0 Å². The maximum absolute atomic E-state index is 5.32. The molecule has 0 bridgehead atoms. The largest absolute Gasteiger partial charge is 0.497 e. The second-order valence-electron chi connectivity index (χ2n) is 6.57. The third kappa shape index (κ3) is 6.46. The lowest BCUT2D eigenvalue weighted by molar-refractivity contribution is 0.414. The summed E-state index contributed by atoms with van der Waals surface area (Å²) in [6.07, 6.45) is 12.1. The molecule has 1 atom stereocenters. The Morgan fingerprint density at radius 3 is 1.86 bits per heavy atom. The average Bonchev–Trinajstić information content (AvgIpc) is 2.57. The minimum absolute atomic E-state index is 0.726. The average molecular weight is 302 g/mol. The Labute approximate surface area is 138 Å². The molecule has 0 fully saturated rings. The van der Waals surface area contributed by atoms with E-state index in [4.69, 9.17) is 4.74 Å². The molecule has 0 aliphatic carbocycles. The number of benzene rings is 1. The summed E-state index contributed by atoms with van der Waals surface area (Å²) >= 11 is 0. The molecule has 1 aromatic rings. The van der Waals surface area contributed by atoms with E-state index in [1.54, 1.807) is 7.11 Å². The Hall–Kier alpha value is -0.915. The number of unbranched alkanes of at least 4 members (excludes halogenated alkanes) is 3. The van der Waals surface area contributed by atoms with Crippen molar-refractivity contribution in [1.29, 1.82) is 0 Å². The van der Waals surface area contributed by atoms with E-state index in [1.807, 2.05) is 0 Å². The predicted molar refractivity (Wildman–Crippen MR) is 100 cm³/mol. The molecule has 0 N–H and O–H groups in total. The summed E-state index contributed by atoms with van der Waals surface area (Å²) in [6, 6.07) is 8.85. The topological polar surface area (TPSA) is 9.23 Å². The van der Waals surface area contributed by atoms with Crippen LogP contribution in [-0.2, 0) is 0 Å². The minimum Gasteiger partial charge on any atom is -0.497 e. The highest BCUT2D eigenvalue weighted by molar-refractivity contribution is 6.60. The highest BCUT2D eigenvalue weighted by atomic mass is 16.5. The van der Waals surface area contributed by atoms with Gasteiger partial charge in [0.2, 0.25) is 0 Å². The maximum Gasteiger partial charge on any atom is 0.148 e. The molecule has 22 heavy (non-hydrogen) atoms. The molecule has 0 amide bonds. The van der Waals surface area contributed by atoms with Gasteiger partial charge in [0.25, 0.3) is 0 Å². The predicted octanol–water partition coefficient (Wildman–Crippen LogP) is 6.60. The molecule has 0 heterocycles. The number of hydrogen-bond donors (Lipinski definition) is 0. The Kier molecular flexibility index (Phi) is 10.1. The van der Waals surface area contributed by atoms with Gasteiger partial charge < -0.3 is 4.74 Å². The minimum atomic E-state index is 0.726. The fourth-order valence-electron chi connectivity index (χ4n) is 3.43. The van der Waals surface area contributed by atoms with Crippen LogP contribution in [0.1, 0.15) is 77.1 Å². The summed E-state index contributed by atoms with van der Waals surface area (Å²) in [5.41, 5.74) is 1.52. The first-order valence-electron chi connectivity index (χ1n) is 9.40. The van der Waals surface area contributed by atoms with Gasteiger partial charge in [-0.3, -0.25) is 0 Å². The van der Waals surface area contributed by atoms with Crippen LogP contribution in [0, 0.1) is 0 Å². The summed E-state index contributed by atoms with van der Waals surface area (Å²) in [6.45, 7) is 7.77. The van der Waals surface area contributed by atoms with Crippen molar-refractivity contribution in [2.75, 3.05) is 7.11 Å². The van der Waals surface area contributed by atoms with Gasteiger partial charge >= 0.3 is 0 Å². The highest BCUT2D eigenvalue weighted by Gasteiger charge is 2.25. The fraction of sp³-hybridized carbons (Fsp3) is 0.700. The van der Waals surface area contributed by atoms with Gasteiger partial charge in [-0.1, -0.05) is 96.1 Å². The van der Waals surface area contributed by atoms with E-state index in [-0.39, 0.29) is 0 Å². The van der Waals surface area contributed by atoms with E-state index in [0.29, 0.717) is 0 Å². The quantitative estimate of drug-likeness (QED) is 0.395. The van der Waals surface area contributed by atoms with Crippen molar-refractivity contribution in [2.45, 2.75) is 84.2 Å². The summed E-state index contributed by atoms with van der Waals surface area (Å²) in [7, 11) is 1.74. The molecule has 1 unspecified atom stereocenters. The SMILES string of the molecule is CCCCB(CCCC)C(CCCC)c1ccc(OC)cc1. The Bertz CT molecular complexity index is 366. The summed E-state index contributed by atoms with van der Waals surface area (Å²) in [5.74, 6) is 1.70. The third-order valence-corrected chi connectivity index (χ3v) is 4.84. The Morgan fingerprint density at radius 1 is 0.864 bits per heavy atom. The van der Waals surface area contributed by atoms with Crippen LogP contribution in [0.2, 0.25) is 12.6 Å². The fourth-order valence-corrected chi connectivity index (χ4v) is 3.43. The normalized spacial score (nSPS) is 12.2.